The molecule has 110 valence electrons. The lowest BCUT2D eigenvalue weighted by Gasteiger charge is -2.08. The molecule has 1 heterocycles. The summed E-state index contributed by atoms with van der Waals surface area (Å²) < 4.78 is 9.73. The molecule has 1 aromatic carbocycles. The average molecular weight is 289 g/mol. The van der Waals surface area contributed by atoms with Crippen molar-refractivity contribution in [3.8, 4) is 5.75 Å². The summed E-state index contributed by atoms with van der Waals surface area (Å²) in [5, 5.41) is 9.23. The summed E-state index contributed by atoms with van der Waals surface area (Å²) in [6.07, 6.45) is 1.79. The van der Waals surface area contributed by atoms with Crippen LogP contribution in [0.3, 0.4) is 0 Å². The highest BCUT2D eigenvalue weighted by molar-refractivity contribution is 5.92. The molecule has 0 aliphatic carbocycles. The zero-order valence-electron chi connectivity index (χ0n) is 11.5. The average Bonchev–Trinajstić information content (AvgIpc) is 2.97. The first-order valence-corrected chi connectivity index (χ1v) is 6.25. The topological polar surface area (TPSA) is 93.3 Å². The largest absolute Gasteiger partial charge is 0.482 e. The molecular weight excluding hydrogens is 274 g/mol. The number of esters is 1. The maximum Gasteiger partial charge on any atom is 0.343 e. The fraction of sp³-hybridized carbons (Fsp3) is 0.214. The van der Waals surface area contributed by atoms with Gasteiger partial charge in [0.15, 0.2) is 6.61 Å². The Balaban J connectivity index is 1.91. The summed E-state index contributed by atoms with van der Waals surface area (Å²) >= 11 is 0. The molecule has 0 radical (unpaired) electrons. The fourth-order valence-corrected chi connectivity index (χ4v) is 1.63. The van der Waals surface area contributed by atoms with Crippen LogP contribution >= 0.6 is 0 Å². The van der Waals surface area contributed by atoms with Crippen molar-refractivity contribution in [1.29, 1.82) is 0 Å². The van der Waals surface area contributed by atoms with Gasteiger partial charge in [-0.2, -0.15) is 5.10 Å². The number of benzene rings is 1. The number of nitrogens with zero attached hydrogens (tertiary/aromatic N) is 1. The number of aromatic nitrogens is 2. The van der Waals surface area contributed by atoms with Crippen LogP contribution in [0.2, 0.25) is 0 Å². The minimum absolute atomic E-state index is 0.177. The van der Waals surface area contributed by atoms with Crippen molar-refractivity contribution in [2.75, 3.05) is 19.0 Å². The molecule has 7 nitrogen and oxygen atoms in total. The predicted molar refractivity (Wildman–Crippen MR) is 74.9 cm³/mol. The maximum absolute atomic E-state index is 11.8. The van der Waals surface area contributed by atoms with Crippen LogP contribution in [-0.2, 0) is 20.7 Å². The van der Waals surface area contributed by atoms with Crippen LogP contribution in [0, 0.1) is 0 Å². The highest BCUT2D eigenvalue weighted by atomic mass is 16.6. The number of carbonyl (C=O) groups is 2. The lowest BCUT2D eigenvalue weighted by molar-refractivity contribution is -0.142. The third-order valence-corrected chi connectivity index (χ3v) is 2.61. The van der Waals surface area contributed by atoms with Crippen molar-refractivity contribution >= 4 is 17.6 Å². The molecule has 0 aliphatic heterocycles. The highest BCUT2D eigenvalue weighted by Crippen LogP contribution is 2.17. The van der Waals surface area contributed by atoms with Gasteiger partial charge in [0, 0.05) is 23.6 Å². The number of carbonyl (C=O) groups excluding carboxylic acids is 2. The third-order valence-electron chi connectivity index (χ3n) is 2.61. The van der Waals surface area contributed by atoms with Crippen molar-refractivity contribution in [2.24, 2.45) is 0 Å². The van der Waals surface area contributed by atoms with E-state index in [0.29, 0.717) is 11.4 Å². The number of anilines is 1. The van der Waals surface area contributed by atoms with E-state index in [1.165, 1.54) is 7.11 Å². The Hall–Kier alpha value is -2.83. The van der Waals surface area contributed by atoms with Gasteiger partial charge in [-0.15, -0.1) is 0 Å². The first-order valence-electron chi connectivity index (χ1n) is 6.25. The van der Waals surface area contributed by atoms with E-state index in [1.807, 2.05) is 0 Å². The van der Waals surface area contributed by atoms with E-state index >= 15 is 0 Å². The first kappa shape index (κ1) is 14.6. The summed E-state index contributed by atoms with van der Waals surface area (Å²) in [7, 11) is 1.29. The van der Waals surface area contributed by atoms with Gasteiger partial charge in [0.05, 0.1) is 13.5 Å². The summed E-state index contributed by atoms with van der Waals surface area (Å²) in [6.45, 7) is -0.179. The molecule has 0 spiro atoms. The molecule has 1 amide bonds. The highest BCUT2D eigenvalue weighted by Gasteiger charge is 2.07. The number of hydrogen-bond donors (Lipinski definition) is 2. The van der Waals surface area contributed by atoms with Crippen molar-refractivity contribution in [1.82, 2.24) is 10.2 Å². The second-order valence-electron chi connectivity index (χ2n) is 4.20. The normalized spacial score (nSPS) is 9.95. The molecule has 2 N–H and O–H groups in total. The Kier molecular flexibility index (Phi) is 4.92. The van der Waals surface area contributed by atoms with Gasteiger partial charge in [0.1, 0.15) is 5.75 Å². The second-order valence-corrected chi connectivity index (χ2v) is 4.20. The van der Waals surface area contributed by atoms with Crippen LogP contribution in [0.1, 0.15) is 5.69 Å². The Morgan fingerprint density at radius 3 is 2.90 bits per heavy atom. The second kappa shape index (κ2) is 7.09. The molecule has 0 fully saturated rings. The first-order chi connectivity index (χ1) is 10.2. The van der Waals surface area contributed by atoms with E-state index < -0.39 is 5.97 Å². The molecule has 0 saturated heterocycles. The molecule has 0 bridgehead atoms. The SMILES string of the molecule is COC(=O)COc1cccc(NC(=O)Cc2ccn[nH]2)c1. The van der Waals surface area contributed by atoms with Crippen LogP contribution in [-0.4, -0.2) is 35.8 Å². The molecule has 2 rings (SSSR count). The van der Waals surface area contributed by atoms with Crippen LogP contribution in [0.5, 0.6) is 5.75 Å². The number of hydrogen-bond acceptors (Lipinski definition) is 5. The Bertz CT molecular complexity index is 610. The van der Waals surface area contributed by atoms with E-state index in [-0.39, 0.29) is 18.9 Å². The summed E-state index contributed by atoms with van der Waals surface area (Å²) in [5.41, 5.74) is 1.31. The Labute approximate surface area is 121 Å². The van der Waals surface area contributed by atoms with Crippen molar-refractivity contribution < 1.29 is 19.1 Å². The van der Waals surface area contributed by atoms with E-state index in [9.17, 15) is 9.59 Å². The van der Waals surface area contributed by atoms with Gasteiger partial charge in [-0.3, -0.25) is 9.89 Å². The van der Waals surface area contributed by atoms with E-state index in [0.717, 1.165) is 5.69 Å². The number of rotatable bonds is 6. The number of ether oxygens (including phenoxy) is 2. The molecule has 2 aromatic rings. The van der Waals surface area contributed by atoms with Gasteiger partial charge in [0.2, 0.25) is 5.91 Å². The number of nitrogens with one attached hydrogen (secondary N) is 2. The molecule has 0 saturated carbocycles. The number of aromatic amines is 1. The van der Waals surface area contributed by atoms with Crippen LogP contribution < -0.4 is 10.1 Å². The fourth-order valence-electron chi connectivity index (χ4n) is 1.63. The van der Waals surface area contributed by atoms with E-state index in [2.05, 4.69) is 20.3 Å². The monoisotopic (exact) mass is 289 g/mol. The quantitative estimate of drug-likeness (QED) is 0.778. The lowest BCUT2D eigenvalue weighted by atomic mass is 10.2. The third kappa shape index (κ3) is 4.64. The van der Waals surface area contributed by atoms with Crippen molar-refractivity contribution in [3.63, 3.8) is 0 Å². The van der Waals surface area contributed by atoms with Crippen molar-refractivity contribution in [3.05, 3.63) is 42.2 Å². The van der Waals surface area contributed by atoms with Gasteiger partial charge in [-0.1, -0.05) is 6.07 Å². The lowest BCUT2D eigenvalue weighted by Crippen LogP contribution is -2.15. The van der Waals surface area contributed by atoms with Crippen LogP contribution in [0.15, 0.2) is 36.5 Å². The summed E-state index contributed by atoms with van der Waals surface area (Å²) in [6, 6.07) is 8.51. The molecule has 0 aliphatic rings. The van der Waals surface area contributed by atoms with Crippen LogP contribution in [0.4, 0.5) is 5.69 Å². The molecule has 0 atom stereocenters. The van der Waals surface area contributed by atoms with Gasteiger partial charge in [0.25, 0.3) is 0 Å². The molecule has 1 aromatic heterocycles. The van der Waals surface area contributed by atoms with Gasteiger partial charge >= 0.3 is 5.97 Å². The maximum atomic E-state index is 11.8. The minimum atomic E-state index is -0.469. The summed E-state index contributed by atoms with van der Waals surface area (Å²) in [5.74, 6) is -0.173. The van der Waals surface area contributed by atoms with Gasteiger partial charge < -0.3 is 14.8 Å². The summed E-state index contributed by atoms with van der Waals surface area (Å²) in [4.78, 5) is 22.8. The Morgan fingerprint density at radius 1 is 1.33 bits per heavy atom. The van der Waals surface area contributed by atoms with Crippen LogP contribution in [0.25, 0.3) is 0 Å². The van der Waals surface area contributed by atoms with Gasteiger partial charge in [-0.25, -0.2) is 4.79 Å². The minimum Gasteiger partial charge on any atom is -0.482 e. The van der Waals surface area contributed by atoms with E-state index in [4.69, 9.17) is 4.74 Å². The number of H-pyrrole nitrogens is 1. The predicted octanol–water partition coefficient (Wildman–Crippen LogP) is 1.14. The molecule has 7 heteroatoms. The zero-order valence-corrected chi connectivity index (χ0v) is 11.5. The van der Waals surface area contributed by atoms with E-state index in [1.54, 1.807) is 36.5 Å². The Morgan fingerprint density at radius 2 is 2.19 bits per heavy atom. The molecule has 0 unspecified atom stereocenters. The van der Waals surface area contributed by atoms with Crippen molar-refractivity contribution in [2.45, 2.75) is 6.42 Å². The molecule has 21 heavy (non-hydrogen) atoms. The smallest absolute Gasteiger partial charge is 0.343 e. The number of amides is 1. The van der Waals surface area contributed by atoms with Gasteiger partial charge in [-0.05, 0) is 18.2 Å². The molecular formula is C14H15N3O4. The number of methoxy groups -OCH3 is 1. The zero-order chi connectivity index (χ0) is 15.1. The standard InChI is InChI=1S/C14H15N3O4/c1-20-14(19)9-21-12-4-2-3-10(7-12)16-13(18)8-11-5-6-15-17-11/h2-7H,8-9H2,1H3,(H,15,17)(H,16,18).